The van der Waals surface area contributed by atoms with Crippen molar-refractivity contribution in [3.8, 4) is 17.0 Å². The molecule has 0 radical (unpaired) electrons. The summed E-state index contributed by atoms with van der Waals surface area (Å²) in [6.07, 6.45) is 0. The Bertz CT molecular complexity index is 1080. The molecule has 4 rings (SSSR count). The monoisotopic (exact) mass is 447 g/mol. The number of carbonyl (C=O) groups excluding carboxylic acids is 2. The molecule has 1 aliphatic rings. The third-order valence-electron chi connectivity index (χ3n) is 4.99. The Morgan fingerprint density at radius 3 is 2.21 bits per heavy atom. The number of ether oxygens (including phenoxy) is 2. The lowest BCUT2D eigenvalue weighted by atomic mass is 10.1. The molecule has 2 N–H and O–H groups in total. The van der Waals surface area contributed by atoms with Crippen LogP contribution < -0.4 is 20.3 Å². The van der Waals surface area contributed by atoms with Crippen LogP contribution in [0.5, 0.6) is 5.75 Å². The molecule has 33 heavy (non-hydrogen) atoms. The average Bonchev–Trinajstić information content (AvgIpc) is 2.84. The van der Waals surface area contributed by atoms with Crippen LogP contribution in [0.1, 0.15) is 6.92 Å². The van der Waals surface area contributed by atoms with Gasteiger partial charge in [-0.2, -0.15) is 0 Å². The van der Waals surface area contributed by atoms with Crippen molar-refractivity contribution < 1.29 is 19.1 Å². The van der Waals surface area contributed by atoms with Crippen molar-refractivity contribution >= 4 is 29.0 Å². The van der Waals surface area contributed by atoms with Crippen molar-refractivity contribution in [1.29, 1.82) is 0 Å². The molecule has 0 unspecified atom stereocenters. The average molecular weight is 447 g/mol. The van der Waals surface area contributed by atoms with E-state index in [1.807, 2.05) is 36.4 Å². The van der Waals surface area contributed by atoms with Gasteiger partial charge in [-0.05, 0) is 48.5 Å². The number of morpholine rings is 1. The zero-order chi connectivity index (χ0) is 23.0. The number of carbonyl (C=O) groups is 2. The van der Waals surface area contributed by atoms with Crippen LogP contribution >= 0.6 is 0 Å². The normalized spacial score (nSPS) is 13.3. The zero-order valence-electron chi connectivity index (χ0n) is 18.3. The molecule has 170 valence electrons. The van der Waals surface area contributed by atoms with Crippen LogP contribution in [0.2, 0.25) is 0 Å². The van der Waals surface area contributed by atoms with E-state index in [1.54, 1.807) is 24.3 Å². The summed E-state index contributed by atoms with van der Waals surface area (Å²) in [4.78, 5) is 25.4. The zero-order valence-corrected chi connectivity index (χ0v) is 18.3. The minimum atomic E-state index is -0.275. The highest BCUT2D eigenvalue weighted by atomic mass is 16.5. The summed E-state index contributed by atoms with van der Waals surface area (Å²) < 4.78 is 10.9. The summed E-state index contributed by atoms with van der Waals surface area (Å²) in [5.74, 6) is 0.957. The largest absolute Gasteiger partial charge is 0.484 e. The van der Waals surface area contributed by atoms with Gasteiger partial charge >= 0.3 is 0 Å². The van der Waals surface area contributed by atoms with Gasteiger partial charge in [0, 0.05) is 37.0 Å². The molecule has 1 saturated heterocycles. The van der Waals surface area contributed by atoms with Gasteiger partial charge in [-0.3, -0.25) is 9.59 Å². The van der Waals surface area contributed by atoms with Gasteiger partial charge in [-0.1, -0.05) is 12.1 Å². The lowest BCUT2D eigenvalue weighted by Crippen LogP contribution is -2.36. The van der Waals surface area contributed by atoms with E-state index >= 15 is 0 Å². The minimum Gasteiger partial charge on any atom is -0.484 e. The molecule has 0 bridgehead atoms. The molecule has 1 aromatic heterocycles. The van der Waals surface area contributed by atoms with E-state index in [9.17, 15) is 9.59 Å². The van der Waals surface area contributed by atoms with Crippen LogP contribution in [0.4, 0.5) is 17.2 Å². The number of aromatic nitrogens is 2. The minimum absolute atomic E-state index is 0.129. The predicted octanol–water partition coefficient (Wildman–Crippen LogP) is 2.96. The van der Waals surface area contributed by atoms with Crippen LogP contribution in [-0.4, -0.2) is 54.9 Å². The molecular weight excluding hydrogens is 422 g/mol. The van der Waals surface area contributed by atoms with E-state index in [4.69, 9.17) is 9.47 Å². The maximum absolute atomic E-state index is 12.2. The Morgan fingerprint density at radius 2 is 1.58 bits per heavy atom. The predicted molar refractivity (Wildman–Crippen MR) is 125 cm³/mol. The highest BCUT2D eigenvalue weighted by Gasteiger charge is 2.13. The van der Waals surface area contributed by atoms with Gasteiger partial charge < -0.3 is 25.0 Å². The summed E-state index contributed by atoms with van der Waals surface area (Å²) in [5, 5.41) is 14.2. The Morgan fingerprint density at radius 1 is 0.909 bits per heavy atom. The second kappa shape index (κ2) is 10.6. The maximum Gasteiger partial charge on any atom is 0.262 e. The third kappa shape index (κ3) is 6.27. The van der Waals surface area contributed by atoms with Crippen molar-refractivity contribution in [3.05, 3.63) is 60.7 Å². The van der Waals surface area contributed by atoms with Crippen LogP contribution in [0, 0.1) is 0 Å². The molecule has 1 aliphatic heterocycles. The first-order valence-corrected chi connectivity index (χ1v) is 10.6. The molecule has 9 nitrogen and oxygen atoms in total. The van der Waals surface area contributed by atoms with E-state index in [2.05, 4.69) is 25.7 Å². The van der Waals surface area contributed by atoms with Crippen molar-refractivity contribution in [3.63, 3.8) is 0 Å². The Labute approximate surface area is 191 Å². The van der Waals surface area contributed by atoms with Gasteiger partial charge in [0.05, 0.1) is 18.9 Å². The van der Waals surface area contributed by atoms with E-state index in [0.29, 0.717) is 30.3 Å². The molecule has 0 atom stereocenters. The van der Waals surface area contributed by atoms with Crippen LogP contribution in [0.15, 0.2) is 60.7 Å². The molecule has 1 fully saturated rings. The Hall–Kier alpha value is -3.98. The summed E-state index contributed by atoms with van der Waals surface area (Å²) in [7, 11) is 0. The van der Waals surface area contributed by atoms with Crippen LogP contribution in [0.3, 0.4) is 0 Å². The number of nitrogens with zero attached hydrogens (tertiary/aromatic N) is 3. The topological polar surface area (TPSA) is 106 Å². The van der Waals surface area contributed by atoms with Crippen molar-refractivity contribution in [1.82, 2.24) is 10.2 Å². The van der Waals surface area contributed by atoms with E-state index in [0.717, 1.165) is 30.2 Å². The number of anilines is 3. The maximum atomic E-state index is 12.2. The van der Waals surface area contributed by atoms with Gasteiger partial charge in [-0.15, -0.1) is 10.2 Å². The highest BCUT2D eigenvalue weighted by molar-refractivity contribution is 5.92. The van der Waals surface area contributed by atoms with Crippen molar-refractivity contribution in [2.45, 2.75) is 6.92 Å². The van der Waals surface area contributed by atoms with Gasteiger partial charge in [0.1, 0.15) is 5.75 Å². The fraction of sp³-hybridized carbons (Fsp3) is 0.250. The first-order valence-electron chi connectivity index (χ1n) is 10.6. The second-order valence-corrected chi connectivity index (χ2v) is 7.50. The third-order valence-corrected chi connectivity index (χ3v) is 4.99. The molecule has 3 aromatic rings. The van der Waals surface area contributed by atoms with E-state index in [-0.39, 0.29) is 18.4 Å². The lowest BCUT2D eigenvalue weighted by molar-refractivity contribution is -0.118. The second-order valence-electron chi connectivity index (χ2n) is 7.50. The first-order chi connectivity index (χ1) is 16.1. The fourth-order valence-electron chi connectivity index (χ4n) is 3.35. The first kappa shape index (κ1) is 22.2. The standard InChI is InChI=1S/C24H25N5O4/c1-17(30)25-19-6-8-21(9-7-19)33-16-24(31)26-20-4-2-18(3-5-20)22-10-11-23(28-27-22)29-12-14-32-15-13-29/h2-11H,12-16H2,1H3,(H,25,30)(H,26,31). The molecule has 0 spiro atoms. The summed E-state index contributed by atoms with van der Waals surface area (Å²) in [6.45, 7) is 4.34. The molecule has 2 heterocycles. The number of rotatable bonds is 7. The molecular formula is C24H25N5O4. The van der Waals surface area contributed by atoms with E-state index in [1.165, 1.54) is 6.92 Å². The van der Waals surface area contributed by atoms with Gasteiger partial charge in [0.2, 0.25) is 5.91 Å². The summed E-state index contributed by atoms with van der Waals surface area (Å²) in [6, 6.07) is 18.1. The quantitative estimate of drug-likeness (QED) is 0.574. The van der Waals surface area contributed by atoms with Gasteiger partial charge in [-0.25, -0.2) is 0 Å². The molecule has 9 heteroatoms. The van der Waals surface area contributed by atoms with Crippen LogP contribution in [0.25, 0.3) is 11.3 Å². The number of benzene rings is 2. The molecule has 2 aromatic carbocycles. The summed E-state index contributed by atoms with van der Waals surface area (Å²) >= 11 is 0. The highest BCUT2D eigenvalue weighted by Crippen LogP contribution is 2.21. The lowest BCUT2D eigenvalue weighted by Gasteiger charge is -2.27. The van der Waals surface area contributed by atoms with Gasteiger partial charge in [0.15, 0.2) is 12.4 Å². The molecule has 0 saturated carbocycles. The molecule has 0 aliphatic carbocycles. The Kier molecular flexibility index (Phi) is 7.11. The van der Waals surface area contributed by atoms with Crippen LogP contribution in [-0.2, 0) is 14.3 Å². The molecule has 2 amide bonds. The number of hydrogen-bond donors (Lipinski definition) is 2. The fourth-order valence-corrected chi connectivity index (χ4v) is 3.35. The SMILES string of the molecule is CC(=O)Nc1ccc(OCC(=O)Nc2ccc(-c3ccc(N4CCOCC4)nn3)cc2)cc1. The van der Waals surface area contributed by atoms with Crippen molar-refractivity contribution in [2.75, 3.05) is 48.4 Å². The van der Waals surface area contributed by atoms with Crippen molar-refractivity contribution in [2.24, 2.45) is 0 Å². The smallest absolute Gasteiger partial charge is 0.262 e. The number of nitrogens with one attached hydrogen (secondary N) is 2. The number of hydrogen-bond acceptors (Lipinski definition) is 7. The van der Waals surface area contributed by atoms with Gasteiger partial charge in [0.25, 0.3) is 5.91 Å². The Balaban J connectivity index is 1.28. The summed E-state index contributed by atoms with van der Waals surface area (Å²) in [5.41, 5.74) is 2.99. The number of amides is 2. The van der Waals surface area contributed by atoms with E-state index < -0.39 is 0 Å².